The van der Waals surface area contributed by atoms with Gasteiger partial charge in [-0.25, -0.2) is 0 Å². The molecule has 1 nitrogen and oxygen atoms in total. The van der Waals surface area contributed by atoms with E-state index in [9.17, 15) is 0 Å². The predicted molar refractivity (Wildman–Crippen MR) is 76.8 cm³/mol. The minimum atomic E-state index is 0.136. The maximum Gasteiger partial charge on any atom is 0.0670 e. The highest BCUT2D eigenvalue weighted by molar-refractivity contribution is 14.1. The van der Waals surface area contributed by atoms with Crippen LogP contribution in [0.5, 0.6) is 0 Å². The van der Waals surface area contributed by atoms with Crippen LogP contribution in [0.3, 0.4) is 0 Å². The molecule has 0 aromatic heterocycles. The quantitative estimate of drug-likeness (QED) is 0.493. The summed E-state index contributed by atoms with van der Waals surface area (Å²) in [4.78, 5) is 4.52. The molecule has 2 heteroatoms. The fourth-order valence-corrected chi connectivity index (χ4v) is 1.61. The third-order valence-corrected chi connectivity index (χ3v) is 2.77. The monoisotopic (exact) mass is 315 g/mol. The van der Waals surface area contributed by atoms with Gasteiger partial charge in [0.05, 0.1) is 5.69 Å². The van der Waals surface area contributed by atoms with E-state index in [-0.39, 0.29) is 5.41 Å². The van der Waals surface area contributed by atoms with Crippen LogP contribution < -0.4 is 0 Å². The van der Waals surface area contributed by atoms with Crippen molar-refractivity contribution < 1.29 is 0 Å². The first-order valence-corrected chi connectivity index (χ1v) is 6.77. The number of rotatable bonds is 0. The average Bonchev–Trinajstić information content (AvgIpc) is 2.40. The Bertz CT molecular complexity index is 367. The Morgan fingerprint density at radius 2 is 1.80 bits per heavy atom. The SMILES string of the molecule is CC1=Nc2ccccc2C1(C)C.CCI. The van der Waals surface area contributed by atoms with Crippen LogP contribution in [0.15, 0.2) is 29.3 Å². The van der Waals surface area contributed by atoms with Crippen LogP contribution in [-0.4, -0.2) is 10.1 Å². The first-order valence-electron chi connectivity index (χ1n) is 5.25. The largest absolute Gasteiger partial charge is 0.257 e. The van der Waals surface area contributed by atoms with Gasteiger partial charge in [-0.15, -0.1) is 0 Å². The minimum Gasteiger partial charge on any atom is -0.257 e. The molecule has 0 unspecified atom stereocenters. The number of fused-ring (bicyclic) bond motifs is 1. The molecular weight excluding hydrogens is 297 g/mol. The molecular formula is C13H18IN. The summed E-state index contributed by atoms with van der Waals surface area (Å²) in [6.07, 6.45) is 0. The van der Waals surface area contributed by atoms with Gasteiger partial charge in [0.15, 0.2) is 0 Å². The van der Waals surface area contributed by atoms with Gasteiger partial charge >= 0.3 is 0 Å². The molecule has 1 aliphatic rings. The molecule has 0 bridgehead atoms. The fourth-order valence-electron chi connectivity index (χ4n) is 1.61. The molecule has 0 amide bonds. The van der Waals surface area contributed by atoms with Gasteiger partial charge in [-0.1, -0.05) is 61.6 Å². The summed E-state index contributed by atoms with van der Waals surface area (Å²) < 4.78 is 1.22. The zero-order valence-electron chi connectivity index (χ0n) is 9.84. The van der Waals surface area contributed by atoms with Gasteiger partial charge in [0.25, 0.3) is 0 Å². The molecule has 0 spiro atoms. The molecule has 0 aliphatic carbocycles. The van der Waals surface area contributed by atoms with Gasteiger partial charge in [-0.2, -0.15) is 0 Å². The Balaban J connectivity index is 0.000000337. The second-order valence-corrected chi connectivity index (χ2v) is 5.63. The van der Waals surface area contributed by atoms with Gasteiger partial charge in [0, 0.05) is 11.1 Å². The lowest BCUT2D eigenvalue weighted by Gasteiger charge is -2.19. The van der Waals surface area contributed by atoms with Crippen molar-refractivity contribution in [2.45, 2.75) is 33.1 Å². The van der Waals surface area contributed by atoms with Crippen molar-refractivity contribution in [3.8, 4) is 0 Å². The van der Waals surface area contributed by atoms with E-state index in [0.717, 1.165) is 5.69 Å². The van der Waals surface area contributed by atoms with E-state index in [2.05, 4.69) is 73.5 Å². The predicted octanol–water partition coefficient (Wildman–Crippen LogP) is 4.51. The van der Waals surface area contributed by atoms with Crippen molar-refractivity contribution in [2.75, 3.05) is 4.43 Å². The second-order valence-electron chi connectivity index (χ2n) is 4.11. The van der Waals surface area contributed by atoms with Crippen molar-refractivity contribution in [1.29, 1.82) is 0 Å². The molecule has 0 atom stereocenters. The van der Waals surface area contributed by atoms with Gasteiger partial charge in [-0.05, 0) is 23.0 Å². The lowest BCUT2D eigenvalue weighted by molar-refractivity contribution is 0.733. The van der Waals surface area contributed by atoms with Crippen LogP contribution in [-0.2, 0) is 5.41 Å². The Labute approximate surface area is 106 Å². The lowest BCUT2D eigenvalue weighted by atomic mass is 9.82. The summed E-state index contributed by atoms with van der Waals surface area (Å²) in [6.45, 7) is 8.65. The number of para-hydroxylation sites is 1. The summed E-state index contributed by atoms with van der Waals surface area (Å²) in [5, 5.41) is 0. The molecule has 2 rings (SSSR count). The highest BCUT2D eigenvalue weighted by atomic mass is 127. The number of hydrogen-bond donors (Lipinski definition) is 0. The lowest BCUT2D eigenvalue weighted by Crippen LogP contribution is -2.22. The number of benzene rings is 1. The van der Waals surface area contributed by atoms with Crippen LogP contribution in [0.2, 0.25) is 0 Å². The molecule has 1 aromatic rings. The van der Waals surface area contributed by atoms with Crippen LogP contribution in [0.1, 0.15) is 33.3 Å². The van der Waals surface area contributed by atoms with E-state index in [0.29, 0.717) is 0 Å². The van der Waals surface area contributed by atoms with Crippen molar-refractivity contribution >= 4 is 34.0 Å². The summed E-state index contributed by atoms with van der Waals surface area (Å²) in [5.41, 5.74) is 3.84. The van der Waals surface area contributed by atoms with Crippen molar-refractivity contribution in [3.63, 3.8) is 0 Å². The summed E-state index contributed by atoms with van der Waals surface area (Å²) in [6, 6.07) is 8.36. The number of halogens is 1. The van der Waals surface area contributed by atoms with Gasteiger partial charge < -0.3 is 0 Å². The van der Waals surface area contributed by atoms with Crippen LogP contribution in [0, 0.1) is 0 Å². The average molecular weight is 315 g/mol. The minimum absolute atomic E-state index is 0.136. The zero-order chi connectivity index (χ0) is 11.5. The molecule has 1 heterocycles. The Kier molecular flexibility index (Phi) is 4.32. The summed E-state index contributed by atoms with van der Waals surface area (Å²) in [5.74, 6) is 0. The first kappa shape index (κ1) is 12.7. The van der Waals surface area contributed by atoms with Crippen molar-refractivity contribution in [3.05, 3.63) is 29.8 Å². The number of alkyl halides is 1. The number of nitrogens with zero attached hydrogens (tertiary/aromatic N) is 1. The maximum absolute atomic E-state index is 4.52. The van der Waals surface area contributed by atoms with E-state index >= 15 is 0 Å². The molecule has 15 heavy (non-hydrogen) atoms. The van der Waals surface area contributed by atoms with E-state index in [1.54, 1.807) is 0 Å². The molecule has 0 fully saturated rings. The third-order valence-electron chi connectivity index (χ3n) is 2.77. The van der Waals surface area contributed by atoms with Crippen LogP contribution in [0.25, 0.3) is 0 Å². The topological polar surface area (TPSA) is 12.4 Å². The maximum atomic E-state index is 4.52. The third kappa shape index (κ3) is 2.60. The molecule has 1 aliphatic heterocycles. The van der Waals surface area contributed by atoms with Crippen LogP contribution >= 0.6 is 22.6 Å². The Morgan fingerprint density at radius 1 is 1.27 bits per heavy atom. The number of aliphatic imine (C=N–C) groups is 1. The highest BCUT2D eigenvalue weighted by Gasteiger charge is 2.31. The molecule has 0 saturated heterocycles. The van der Waals surface area contributed by atoms with Crippen LogP contribution in [0.4, 0.5) is 5.69 Å². The Morgan fingerprint density at radius 3 is 2.33 bits per heavy atom. The summed E-state index contributed by atoms with van der Waals surface area (Å²) >= 11 is 2.29. The smallest absolute Gasteiger partial charge is 0.0670 e. The van der Waals surface area contributed by atoms with E-state index < -0.39 is 0 Å². The number of hydrogen-bond acceptors (Lipinski definition) is 1. The van der Waals surface area contributed by atoms with Gasteiger partial charge in [-0.3, -0.25) is 4.99 Å². The van der Waals surface area contributed by atoms with Crippen molar-refractivity contribution in [1.82, 2.24) is 0 Å². The van der Waals surface area contributed by atoms with E-state index in [4.69, 9.17) is 0 Å². The van der Waals surface area contributed by atoms with Gasteiger partial charge in [0.2, 0.25) is 0 Å². The molecule has 0 N–H and O–H groups in total. The van der Waals surface area contributed by atoms with Crippen molar-refractivity contribution in [2.24, 2.45) is 4.99 Å². The molecule has 82 valence electrons. The van der Waals surface area contributed by atoms with Gasteiger partial charge in [0.1, 0.15) is 0 Å². The Hall–Kier alpha value is -0.380. The standard InChI is InChI=1S/C11H13N.C2H5I/c1-8-11(2,3)9-6-4-5-7-10(9)12-8;1-2-3/h4-7H,1-3H3;2H2,1H3. The summed E-state index contributed by atoms with van der Waals surface area (Å²) in [7, 11) is 0. The first-order chi connectivity index (χ1) is 7.04. The van der Waals surface area contributed by atoms with E-state index in [1.165, 1.54) is 15.7 Å². The fraction of sp³-hybridized carbons (Fsp3) is 0.462. The second kappa shape index (κ2) is 5.10. The normalized spacial score (nSPS) is 16.2. The van der Waals surface area contributed by atoms with E-state index in [1.807, 2.05) is 6.07 Å². The molecule has 1 aromatic carbocycles. The molecule has 0 radical (unpaired) electrons. The molecule has 0 saturated carbocycles. The zero-order valence-corrected chi connectivity index (χ0v) is 12.0. The highest BCUT2D eigenvalue weighted by Crippen LogP contribution is 2.39.